The quantitative estimate of drug-likeness (QED) is 0.593. The molecule has 0 fully saturated rings. The first-order valence-electron chi connectivity index (χ1n) is 9.79. The number of hydrogen-bond donors (Lipinski definition) is 1. The molecule has 1 amide bonds. The van der Waals surface area contributed by atoms with E-state index in [0.717, 1.165) is 5.69 Å². The predicted octanol–water partition coefficient (Wildman–Crippen LogP) is 3.94. The van der Waals surface area contributed by atoms with Gasteiger partial charge in [-0.25, -0.2) is 14.5 Å². The van der Waals surface area contributed by atoms with Crippen LogP contribution in [0.4, 0.5) is 5.69 Å². The average Bonchev–Trinajstić information content (AvgIpc) is 3.15. The van der Waals surface area contributed by atoms with Gasteiger partial charge in [0.15, 0.2) is 12.3 Å². The fraction of sp³-hybridized carbons (Fsp3) is 0.364. The molecule has 0 radical (unpaired) electrons. The molecule has 0 atom stereocenters. The fourth-order valence-electron chi connectivity index (χ4n) is 2.99. The fourth-order valence-corrected chi connectivity index (χ4v) is 2.99. The Morgan fingerprint density at radius 2 is 1.93 bits per heavy atom. The van der Waals surface area contributed by atoms with Crippen LogP contribution in [0.3, 0.4) is 0 Å². The average molecular weight is 410 g/mol. The van der Waals surface area contributed by atoms with Crippen molar-refractivity contribution in [2.75, 3.05) is 19.0 Å². The monoisotopic (exact) mass is 410 g/mol. The van der Waals surface area contributed by atoms with E-state index in [1.165, 1.54) is 0 Å². The number of ether oxygens (including phenoxy) is 2. The van der Waals surface area contributed by atoms with Gasteiger partial charge in [-0.2, -0.15) is 5.10 Å². The molecule has 2 heterocycles. The zero-order chi connectivity index (χ0) is 21.8. The molecule has 0 saturated heterocycles. The highest BCUT2D eigenvalue weighted by Gasteiger charge is 2.20. The van der Waals surface area contributed by atoms with Crippen molar-refractivity contribution in [2.45, 2.75) is 39.7 Å². The Hall–Kier alpha value is -3.42. The van der Waals surface area contributed by atoms with Crippen molar-refractivity contribution in [1.29, 1.82) is 0 Å². The van der Waals surface area contributed by atoms with Crippen LogP contribution in [0.2, 0.25) is 0 Å². The Bertz CT molecular complexity index is 1070. The highest BCUT2D eigenvalue weighted by molar-refractivity contribution is 6.03. The third kappa shape index (κ3) is 4.59. The van der Waals surface area contributed by atoms with Gasteiger partial charge in [0, 0.05) is 23.5 Å². The van der Waals surface area contributed by atoms with E-state index in [1.54, 1.807) is 48.3 Å². The maximum Gasteiger partial charge on any atom is 0.339 e. The van der Waals surface area contributed by atoms with E-state index < -0.39 is 18.5 Å². The van der Waals surface area contributed by atoms with Crippen LogP contribution in [0, 0.1) is 0 Å². The third-order valence-corrected chi connectivity index (χ3v) is 4.57. The molecule has 1 N–H and O–H groups in total. The first-order valence-corrected chi connectivity index (χ1v) is 9.79. The van der Waals surface area contributed by atoms with Crippen LogP contribution >= 0.6 is 0 Å². The molecule has 0 aliphatic carbocycles. The number of fused-ring (bicyclic) bond motifs is 1. The largest absolute Gasteiger partial charge is 0.497 e. The second kappa shape index (κ2) is 8.94. The van der Waals surface area contributed by atoms with E-state index in [1.807, 2.05) is 27.7 Å². The molecule has 0 unspecified atom stereocenters. The summed E-state index contributed by atoms with van der Waals surface area (Å²) < 4.78 is 12.2. The minimum absolute atomic E-state index is 0.0925. The number of carbonyl (C=O) groups is 2. The Balaban J connectivity index is 1.78. The van der Waals surface area contributed by atoms with E-state index in [2.05, 4.69) is 15.4 Å². The molecule has 3 aromatic rings. The van der Waals surface area contributed by atoms with Crippen molar-refractivity contribution in [2.24, 2.45) is 0 Å². The summed E-state index contributed by atoms with van der Waals surface area (Å²) in [6.07, 6.45) is 1.61. The summed E-state index contributed by atoms with van der Waals surface area (Å²) in [6.45, 7) is 7.59. The van der Waals surface area contributed by atoms with Crippen LogP contribution in [0.25, 0.3) is 11.0 Å². The number of anilines is 1. The van der Waals surface area contributed by atoms with Crippen LogP contribution in [0.1, 0.15) is 55.7 Å². The number of aromatic nitrogens is 3. The molecular formula is C22H26N4O4. The van der Waals surface area contributed by atoms with Crippen molar-refractivity contribution in [3.8, 4) is 5.75 Å². The molecule has 8 nitrogen and oxygen atoms in total. The van der Waals surface area contributed by atoms with Crippen LogP contribution in [0.15, 0.2) is 36.5 Å². The highest BCUT2D eigenvalue weighted by atomic mass is 16.5. The van der Waals surface area contributed by atoms with Gasteiger partial charge >= 0.3 is 5.97 Å². The van der Waals surface area contributed by atoms with Gasteiger partial charge in [0.25, 0.3) is 5.91 Å². The van der Waals surface area contributed by atoms with Crippen molar-refractivity contribution >= 4 is 28.6 Å². The number of amides is 1. The number of carbonyl (C=O) groups excluding carboxylic acids is 2. The van der Waals surface area contributed by atoms with Gasteiger partial charge in [0.1, 0.15) is 5.75 Å². The third-order valence-electron chi connectivity index (χ3n) is 4.57. The Kier molecular flexibility index (Phi) is 6.34. The maximum absolute atomic E-state index is 12.8. The molecule has 1 aromatic carbocycles. The summed E-state index contributed by atoms with van der Waals surface area (Å²) in [7, 11) is 1.55. The van der Waals surface area contributed by atoms with Gasteiger partial charge in [-0.05, 0) is 38.0 Å². The number of esters is 1. The predicted molar refractivity (Wildman–Crippen MR) is 114 cm³/mol. The summed E-state index contributed by atoms with van der Waals surface area (Å²) in [4.78, 5) is 29.7. The molecule has 2 aromatic heterocycles. The van der Waals surface area contributed by atoms with Gasteiger partial charge in [0.05, 0.1) is 24.3 Å². The lowest BCUT2D eigenvalue weighted by molar-refractivity contribution is -0.119. The zero-order valence-corrected chi connectivity index (χ0v) is 17.8. The van der Waals surface area contributed by atoms with E-state index in [0.29, 0.717) is 28.0 Å². The number of hydrogen-bond acceptors (Lipinski definition) is 6. The molecule has 0 saturated carbocycles. The van der Waals surface area contributed by atoms with E-state index in [-0.39, 0.29) is 12.0 Å². The molecule has 0 spiro atoms. The lowest BCUT2D eigenvalue weighted by atomic mass is 10.1. The van der Waals surface area contributed by atoms with Gasteiger partial charge < -0.3 is 14.8 Å². The number of pyridine rings is 1. The van der Waals surface area contributed by atoms with Gasteiger partial charge in [0.2, 0.25) is 0 Å². The summed E-state index contributed by atoms with van der Waals surface area (Å²) >= 11 is 0. The second-order valence-corrected chi connectivity index (χ2v) is 7.53. The number of nitrogens with zero attached hydrogens (tertiary/aromatic N) is 3. The maximum atomic E-state index is 12.8. The standard InChI is InChI=1S/C22H26N4O4/c1-13(2)19-10-17(18-11-23-26(14(3)4)21(18)25-19)22(28)30-12-20(27)24-15-7-6-8-16(9-15)29-5/h6-11,13-14H,12H2,1-5H3,(H,24,27). The zero-order valence-electron chi connectivity index (χ0n) is 17.8. The van der Waals surface area contributed by atoms with Gasteiger partial charge in [-0.1, -0.05) is 19.9 Å². The Labute approximate surface area is 175 Å². The lowest BCUT2D eigenvalue weighted by Crippen LogP contribution is -2.21. The van der Waals surface area contributed by atoms with Crippen molar-refractivity contribution in [3.05, 3.63) is 47.8 Å². The molecule has 0 bridgehead atoms. The molecule has 158 valence electrons. The Morgan fingerprint density at radius 3 is 2.60 bits per heavy atom. The summed E-state index contributed by atoms with van der Waals surface area (Å²) in [5.74, 6) is -0.294. The SMILES string of the molecule is COc1cccc(NC(=O)COC(=O)c2cc(C(C)C)nc3c2cnn3C(C)C)c1. The number of nitrogens with one attached hydrogen (secondary N) is 1. The first-order chi connectivity index (χ1) is 14.3. The first kappa shape index (κ1) is 21.3. The molecule has 3 rings (SSSR count). The molecular weight excluding hydrogens is 384 g/mol. The van der Waals surface area contributed by atoms with E-state index in [4.69, 9.17) is 9.47 Å². The minimum atomic E-state index is -0.589. The topological polar surface area (TPSA) is 95.3 Å². The minimum Gasteiger partial charge on any atom is -0.497 e. The van der Waals surface area contributed by atoms with Gasteiger partial charge in [-0.15, -0.1) is 0 Å². The summed E-state index contributed by atoms with van der Waals surface area (Å²) in [5.41, 5.74) is 2.30. The second-order valence-electron chi connectivity index (χ2n) is 7.53. The van der Waals surface area contributed by atoms with Crippen LogP contribution in [-0.2, 0) is 9.53 Å². The van der Waals surface area contributed by atoms with Crippen molar-refractivity contribution < 1.29 is 19.1 Å². The number of rotatable bonds is 7. The van der Waals surface area contributed by atoms with E-state index >= 15 is 0 Å². The molecule has 0 aliphatic heterocycles. The normalized spacial score (nSPS) is 11.2. The lowest BCUT2D eigenvalue weighted by Gasteiger charge is -2.12. The number of methoxy groups -OCH3 is 1. The number of benzene rings is 1. The molecule has 8 heteroatoms. The smallest absolute Gasteiger partial charge is 0.339 e. The molecule has 30 heavy (non-hydrogen) atoms. The van der Waals surface area contributed by atoms with Crippen LogP contribution in [-0.4, -0.2) is 40.4 Å². The van der Waals surface area contributed by atoms with Crippen molar-refractivity contribution in [1.82, 2.24) is 14.8 Å². The van der Waals surface area contributed by atoms with Crippen LogP contribution < -0.4 is 10.1 Å². The molecule has 0 aliphatic rings. The van der Waals surface area contributed by atoms with Crippen molar-refractivity contribution in [3.63, 3.8) is 0 Å². The van der Waals surface area contributed by atoms with E-state index in [9.17, 15) is 9.59 Å². The highest BCUT2D eigenvalue weighted by Crippen LogP contribution is 2.25. The summed E-state index contributed by atoms with van der Waals surface area (Å²) in [6, 6.07) is 8.74. The Morgan fingerprint density at radius 1 is 1.17 bits per heavy atom. The van der Waals surface area contributed by atoms with Gasteiger partial charge in [-0.3, -0.25) is 4.79 Å². The summed E-state index contributed by atoms with van der Waals surface area (Å²) in [5, 5.41) is 7.65. The van der Waals surface area contributed by atoms with Crippen LogP contribution in [0.5, 0.6) is 5.75 Å².